The second-order valence-corrected chi connectivity index (χ2v) is 9.23. The van der Waals surface area contributed by atoms with Gasteiger partial charge in [-0.15, -0.1) is 0 Å². The first-order valence-corrected chi connectivity index (χ1v) is 12.1. The van der Waals surface area contributed by atoms with Crippen molar-refractivity contribution in [3.05, 3.63) is 18.2 Å². The highest BCUT2D eigenvalue weighted by molar-refractivity contribution is 5.73. The van der Waals surface area contributed by atoms with Crippen LogP contribution in [-0.4, -0.2) is 130 Å². The Morgan fingerprint density at radius 3 is 1.70 bits per heavy atom. The van der Waals surface area contributed by atoms with Gasteiger partial charge in [0.15, 0.2) is 0 Å². The molecule has 1 aromatic rings. The highest BCUT2D eigenvalue weighted by Gasteiger charge is 2.44. The van der Waals surface area contributed by atoms with Crippen LogP contribution in [0.15, 0.2) is 12.4 Å². The Kier molecular flexibility index (Phi) is 14.1. The molecule has 3 N–H and O–H groups in total. The molecule has 3 fully saturated rings. The average Bonchev–Trinajstić information content (AvgIpc) is 3.49. The number of morpholine rings is 1. The first kappa shape index (κ1) is 37.9. The van der Waals surface area contributed by atoms with Crippen molar-refractivity contribution in [2.45, 2.75) is 31.1 Å². The van der Waals surface area contributed by atoms with Crippen LogP contribution >= 0.6 is 0 Å². The Morgan fingerprint density at radius 1 is 0.837 bits per heavy atom. The highest BCUT2D eigenvalue weighted by atomic mass is 19.4. The summed E-state index contributed by atoms with van der Waals surface area (Å²) in [6.07, 6.45) is -11.3. The number of likely N-dealkylation sites (tertiary alicyclic amines) is 1. The van der Waals surface area contributed by atoms with Crippen molar-refractivity contribution in [3.8, 4) is 0 Å². The largest absolute Gasteiger partial charge is 0.490 e. The van der Waals surface area contributed by atoms with Crippen molar-refractivity contribution in [2.75, 3.05) is 52.6 Å². The van der Waals surface area contributed by atoms with Crippen molar-refractivity contribution >= 4 is 17.9 Å². The molecule has 3 aliphatic rings. The summed E-state index contributed by atoms with van der Waals surface area (Å²) in [5.74, 6) is -5.72. The second-order valence-electron chi connectivity index (χ2n) is 9.23. The summed E-state index contributed by atoms with van der Waals surface area (Å²) in [6, 6.07) is 0.564. The van der Waals surface area contributed by atoms with E-state index in [1.807, 2.05) is 12.4 Å². The lowest BCUT2D eigenvalue weighted by molar-refractivity contribution is -0.193. The minimum absolute atomic E-state index is 0.564. The van der Waals surface area contributed by atoms with Crippen molar-refractivity contribution in [1.29, 1.82) is 0 Å². The standard InChI is InChI=1S/C16H26N4O2.3C2HF3O2/c1-18-3-2-17-16(18)10-19-8-13-11-22-12-15(14(13)9-19)20-4-6-21-7-5-20;3*3-2(4,5)1(6)7/h2-3,13-15H,4-12H2,1H3;3*(H,6,7)/t13-,14-,15-;;;/m1.../s1. The van der Waals surface area contributed by atoms with Crippen molar-refractivity contribution in [2.24, 2.45) is 18.9 Å². The van der Waals surface area contributed by atoms with E-state index < -0.39 is 36.4 Å². The molecule has 0 saturated carbocycles. The van der Waals surface area contributed by atoms with Crippen LogP contribution in [0.3, 0.4) is 0 Å². The molecule has 0 aliphatic carbocycles. The van der Waals surface area contributed by atoms with Gasteiger partial charge in [0.25, 0.3) is 0 Å². The van der Waals surface area contributed by atoms with Gasteiger partial charge in [0.1, 0.15) is 5.82 Å². The van der Waals surface area contributed by atoms with Crippen LogP contribution < -0.4 is 0 Å². The number of aromatic nitrogens is 2. The molecule has 3 atom stereocenters. The lowest BCUT2D eigenvalue weighted by Gasteiger charge is -2.42. The predicted molar refractivity (Wildman–Crippen MR) is 124 cm³/mol. The van der Waals surface area contributed by atoms with Gasteiger partial charge in [-0.25, -0.2) is 19.4 Å². The zero-order valence-electron chi connectivity index (χ0n) is 22.3. The Morgan fingerprint density at radius 2 is 1.30 bits per heavy atom. The minimum atomic E-state index is -5.08. The maximum absolute atomic E-state index is 10.6. The minimum Gasteiger partial charge on any atom is -0.475 e. The Labute approximate surface area is 237 Å². The van der Waals surface area contributed by atoms with E-state index in [0.29, 0.717) is 12.0 Å². The third-order valence-corrected chi connectivity index (χ3v) is 6.21. The smallest absolute Gasteiger partial charge is 0.475 e. The number of alkyl halides is 9. The Hall–Kier alpha value is -3.17. The summed E-state index contributed by atoms with van der Waals surface area (Å²) in [6.45, 7) is 8.90. The SMILES string of the molecule is Cn1ccnc1CN1C[C@@H]2COC[C@@H](N3CCOCC3)[C@@H]2C1.O=C(O)C(F)(F)F.O=C(O)C(F)(F)F.O=C(O)C(F)(F)F. The van der Waals surface area contributed by atoms with Crippen LogP contribution in [0.4, 0.5) is 39.5 Å². The highest BCUT2D eigenvalue weighted by Crippen LogP contribution is 2.33. The van der Waals surface area contributed by atoms with E-state index in [2.05, 4.69) is 26.4 Å². The van der Waals surface area contributed by atoms with Crippen molar-refractivity contribution in [1.82, 2.24) is 19.4 Å². The summed E-state index contributed by atoms with van der Waals surface area (Å²) >= 11 is 0. The van der Waals surface area contributed by atoms with Gasteiger partial charge in [-0.05, 0) is 5.92 Å². The molecule has 1 aromatic heterocycles. The quantitative estimate of drug-likeness (QED) is 0.413. The number of halogens is 9. The number of carboxylic acids is 3. The van der Waals surface area contributed by atoms with E-state index in [1.54, 1.807) is 0 Å². The maximum atomic E-state index is 10.6. The van der Waals surface area contributed by atoms with Crippen molar-refractivity contribution in [3.63, 3.8) is 0 Å². The van der Waals surface area contributed by atoms with Crippen LogP contribution in [0.1, 0.15) is 5.82 Å². The summed E-state index contributed by atoms with van der Waals surface area (Å²) in [7, 11) is 2.07. The van der Waals surface area contributed by atoms with E-state index in [9.17, 15) is 39.5 Å². The van der Waals surface area contributed by atoms with Crippen LogP contribution in [0.5, 0.6) is 0 Å². The van der Waals surface area contributed by atoms with Gasteiger partial charge in [-0.1, -0.05) is 0 Å². The molecule has 43 heavy (non-hydrogen) atoms. The number of ether oxygens (including phenoxy) is 2. The third-order valence-electron chi connectivity index (χ3n) is 6.21. The van der Waals surface area contributed by atoms with E-state index in [1.165, 1.54) is 6.54 Å². The van der Waals surface area contributed by atoms with Crippen molar-refractivity contribution < 1.29 is 78.7 Å². The first-order chi connectivity index (χ1) is 19.6. The summed E-state index contributed by atoms with van der Waals surface area (Å²) < 4.78 is 109. The summed E-state index contributed by atoms with van der Waals surface area (Å²) in [5, 5.41) is 21.4. The zero-order valence-corrected chi connectivity index (χ0v) is 22.3. The number of nitrogens with zero attached hydrogens (tertiary/aromatic N) is 4. The molecule has 0 aromatic carbocycles. The Bertz CT molecular complexity index is 986. The monoisotopic (exact) mass is 648 g/mol. The molecule has 0 spiro atoms. The predicted octanol–water partition coefficient (Wildman–Crippen LogP) is 2.10. The molecule has 0 unspecified atom stereocenters. The average molecular weight is 648 g/mol. The van der Waals surface area contributed by atoms with Gasteiger partial charge in [-0.3, -0.25) is 9.80 Å². The van der Waals surface area contributed by atoms with Gasteiger partial charge < -0.3 is 29.4 Å². The molecule has 0 radical (unpaired) electrons. The van der Waals surface area contributed by atoms with Crippen LogP contribution in [0, 0.1) is 11.8 Å². The number of hydrogen-bond donors (Lipinski definition) is 3. The first-order valence-electron chi connectivity index (χ1n) is 12.1. The molecule has 3 aliphatic heterocycles. The third kappa shape index (κ3) is 13.3. The topological polar surface area (TPSA) is 155 Å². The van der Waals surface area contributed by atoms with Gasteiger partial charge in [-0.2, -0.15) is 39.5 Å². The molecule has 21 heteroatoms. The number of imidazole rings is 1. The molecule has 4 rings (SSSR count). The molecule has 0 bridgehead atoms. The van der Waals surface area contributed by atoms with Gasteiger partial charge in [0, 0.05) is 57.6 Å². The fourth-order valence-electron chi connectivity index (χ4n) is 4.23. The normalized spacial score (nSPS) is 22.9. The summed E-state index contributed by atoms with van der Waals surface area (Å²) in [5.41, 5.74) is 0. The Balaban J connectivity index is 0.000000363. The molecule has 3 saturated heterocycles. The number of aryl methyl sites for hydroxylation is 1. The fraction of sp³-hybridized carbons (Fsp3) is 0.727. The molecular weight excluding hydrogens is 619 g/mol. The fourth-order valence-corrected chi connectivity index (χ4v) is 4.23. The number of hydrogen-bond acceptors (Lipinski definition) is 8. The number of fused-ring (bicyclic) bond motifs is 1. The van der Waals surface area contributed by atoms with Gasteiger partial charge in [0.2, 0.25) is 0 Å². The maximum Gasteiger partial charge on any atom is 0.490 e. The van der Waals surface area contributed by atoms with Crippen LogP contribution in [0.2, 0.25) is 0 Å². The number of aliphatic carboxylic acids is 3. The molecule has 12 nitrogen and oxygen atoms in total. The van der Waals surface area contributed by atoms with E-state index >= 15 is 0 Å². The van der Waals surface area contributed by atoms with E-state index in [0.717, 1.165) is 64.3 Å². The van der Waals surface area contributed by atoms with Crippen LogP contribution in [0.25, 0.3) is 0 Å². The van der Waals surface area contributed by atoms with E-state index in [-0.39, 0.29) is 0 Å². The van der Waals surface area contributed by atoms with Crippen LogP contribution in [-0.2, 0) is 37.4 Å². The molecular formula is C22H29F9N4O8. The lowest BCUT2D eigenvalue weighted by Crippen LogP contribution is -2.53. The zero-order chi connectivity index (χ0) is 33.2. The van der Waals surface area contributed by atoms with E-state index in [4.69, 9.17) is 39.2 Å². The number of rotatable bonds is 3. The summed E-state index contributed by atoms with van der Waals surface area (Å²) in [4.78, 5) is 36.3. The second kappa shape index (κ2) is 16.1. The number of carboxylic acid groups (broad SMARTS) is 3. The number of carbonyl (C=O) groups is 3. The molecule has 4 heterocycles. The van der Waals surface area contributed by atoms with Gasteiger partial charge in [0.05, 0.1) is 33.0 Å². The molecule has 248 valence electrons. The molecule has 0 amide bonds. The lowest BCUT2D eigenvalue weighted by atomic mass is 9.86. The van der Waals surface area contributed by atoms with Gasteiger partial charge >= 0.3 is 36.4 Å².